The SMILES string of the molecule is Cc1nc(CN2CCC[C@@H](NC[C@](C)(O)c3ccccc3)C2)no1. The van der Waals surface area contributed by atoms with Crippen LogP contribution in [0.2, 0.25) is 0 Å². The third-order valence-corrected chi connectivity index (χ3v) is 4.57. The van der Waals surface area contributed by atoms with Crippen molar-refractivity contribution in [2.45, 2.75) is 44.9 Å². The summed E-state index contributed by atoms with van der Waals surface area (Å²) in [5.41, 5.74) is 0.0707. The van der Waals surface area contributed by atoms with Crippen LogP contribution in [0.4, 0.5) is 0 Å². The standard InChI is InChI=1S/C18H26N4O2/c1-14-20-17(21-24-14)12-22-10-6-9-16(11-22)19-13-18(2,23)15-7-4-3-5-8-15/h3-5,7-8,16,19,23H,6,9-13H2,1-2H3/t16-,18+/m1/s1. The lowest BCUT2D eigenvalue weighted by molar-refractivity contribution is 0.0487. The van der Waals surface area contributed by atoms with Crippen molar-refractivity contribution in [3.8, 4) is 0 Å². The zero-order valence-electron chi connectivity index (χ0n) is 14.4. The summed E-state index contributed by atoms with van der Waals surface area (Å²) in [4.78, 5) is 6.61. The molecule has 1 saturated heterocycles. The molecular weight excluding hydrogens is 304 g/mol. The second-order valence-electron chi connectivity index (χ2n) is 6.82. The molecule has 6 heteroatoms. The maximum absolute atomic E-state index is 10.7. The minimum atomic E-state index is -0.867. The number of nitrogens with zero attached hydrogens (tertiary/aromatic N) is 3. The second kappa shape index (κ2) is 7.42. The lowest BCUT2D eigenvalue weighted by atomic mass is 9.95. The van der Waals surface area contributed by atoms with Gasteiger partial charge in [-0.2, -0.15) is 4.98 Å². The van der Waals surface area contributed by atoms with E-state index in [1.54, 1.807) is 0 Å². The number of aromatic nitrogens is 2. The molecule has 6 nitrogen and oxygen atoms in total. The third kappa shape index (κ3) is 4.41. The monoisotopic (exact) mass is 330 g/mol. The Morgan fingerprint density at radius 2 is 2.17 bits per heavy atom. The Bertz CT molecular complexity index is 641. The Morgan fingerprint density at radius 1 is 1.38 bits per heavy atom. The van der Waals surface area contributed by atoms with Crippen LogP contribution in [0, 0.1) is 6.92 Å². The van der Waals surface area contributed by atoms with Crippen molar-refractivity contribution >= 4 is 0 Å². The lowest BCUT2D eigenvalue weighted by Gasteiger charge is -2.34. The highest BCUT2D eigenvalue weighted by Crippen LogP contribution is 2.20. The molecule has 1 aliphatic heterocycles. The Labute approximate surface area is 142 Å². The summed E-state index contributed by atoms with van der Waals surface area (Å²) in [7, 11) is 0. The van der Waals surface area contributed by atoms with E-state index < -0.39 is 5.60 Å². The average molecular weight is 330 g/mol. The fraction of sp³-hybridized carbons (Fsp3) is 0.556. The van der Waals surface area contributed by atoms with Gasteiger partial charge in [0.2, 0.25) is 5.89 Å². The van der Waals surface area contributed by atoms with Crippen LogP contribution in [0.15, 0.2) is 34.9 Å². The maximum Gasteiger partial charge on any atom is 0.223 e. The van der Waals surface area contributed by atoms with E-state index in [9.17, 15) is 5.11 Å². The topological polar surface area (TPSA) is 74.4 Å². The van der Waals surface area contributed by atoms with E-state index in [1.165, 1.54) is 0 Å². The van der Waals surface area contributed by atoms with Gasteiger partial charge in [0.25, 0.3) is 0 Å². The van der Waals surface area contributed by atoms with Crippen LogP contribution in [0.5, 0.6) is 0 Å². The highest BCUT2D eigenvalue weighted by molar-refractivity contribution is 5.21. The Hall–Kier alpha value is -1.76. The summed E-state index contributed by atoms with van der Waals surface area (Å²) in [6.45, 7) is 6.89. The molecule has 24 heavy (non-hydrogen) atoms. The van der Waals surface area contributed by atoms with Crippen molar-refractivity contribution < 1.29 is 9.63 Å². The summed E-state index contributed by atoms with van der Waals surface area (Å²) in [5.74, 6) is 1.35. The number of rotatable bonds is 6. The van der Waals surface area contributed by atoms with E-state index >= 15 is 0 Å². The van der Waals surface area contributed by atoms with E-state index in [0.717, 1.165) is 37.3 Å². The molecule has 2 heterocycles. The van der Waals surface area contributed by atoms with Crippen molar-refractivity contribution in [2.24, 2.45) is 0 Å². The Morgan fingerprint density at radius 3 is 2.88 bits per heavy atom. The fourth-order valence-corrected chi connectivity index (χ4v) is 3.21. The summed E-state index contributed by atoms with van der Waals surface area (Å²) in [6, 6.07) is 10.2. The van der Waals surface area contributed by atoms with Gasteiger partial charge >= 0.3 is 0 Å². The normalized spacial score (nSPS) is 21.5. The molecule has 0 radical (unpaired) electrons. The summed E-state index contributed by atoms with van der Waals surface area (Å²) in [5, 5.41) is 18.2. The second-order valence-corrected chi connectivity index (χ2v) is 6.82. The number of hydrogen-bond donors (Lipinski definition) is 2. The molecule has 3 rings (SSSR count). The van der Waals surface area contributed by atoms with Crippen LogP contribution in [-0.4, -0.2) is 45.8 Å². The first-order valence-electron chi connectivity index (χ1n) is 8.56. The van der Waals surface area contributed by atoms with Crippen LogP contribution >= 0.6 is 0 Å². The van der Waals surface area contributed by atoms with Crippen molar-refractivity contribution in [3.63, 3.8) is 0 Å². The molecule has 2 N–H and O–H groups in total. The molecule has 1 aromatic heterocycles. The first-order valence-corrected chi connectivity index (χ1v) is 8.56. The van der Waals surface area contributed by atoms with Gasteiger partial charge in [0, 0.05) is 26.1 Å². The molecule has 0 bridgehead atoms. The minimum Gasteiger partial charge on any atom is -0.384 e. The van der Waals surface area contributed by atoms with E-state index in [-0.39, 0.29) is 0 Å². The van der Waals surface area contributed by atoms with E-state index in [0.29, 0.717) is 25.0 Å². The van der Waals surface area contributed by atoms with Gasteiger partial charge in [-0.3, -0.25) is 4.90 Å². The molecule has 1 aliphatic rings. The number of likely N-dealkylation sites (tertiary alicyclic amines) is 1. The smallest absolute Gasteiger partial charge is 0.223 e. The minimum absolute atomic E-state index is 0.363. The van der Waals surface area contributed by atoms with Gasteiger partial charge in [0.1, 0.15) is 0 Å². The van der Waals surface area contributed by atoms with Crippen LogP contribution in [0.1, 0.15) is 37.0 Å². The lowest BCUT2D eigenvalue weighted by Crippen LogP contribution is -2.49. The largest absolute Gasteiger partial charge is 0.384 e. The van der Waals surface area contributed by atoms with Gasteiger partial charge in [-0.25, -0.2) is 0 Å². The molecule has 1 aromatic carbocycles. The zero-order chi connectivity index (χ0) is 17.0. The molecule has 2 aromatic rings. The van der Waals surface area contributed by atoms with Crippen LogP contribution < -0.4 is 5.32 Å². The molecule has 1 fully saturated rings. The van der Waals surface area contributed by atoms with Gasteiger partial charge < -0.3 is 14.9 Å². The number of aryl methyl sites for hydroxylation is 1. The quantitative estimate of drug-likeness (QED) is 0.842. The van der Waals surface area contributed by atoms with Gasteiger partial charge in [-0.05, 0) is 31.9 Å². The van der Waals surface area contributed by atoms with Crippen LogP contribution in [0.3, 0.4) is 0 Å². The molecule has 130 valence electrons. The molecule has 0 spiro atoms. The Kier molecular flexibility index (Phi) is 5.28. The van der Waals surface area contributed by atoms with Gasteiger partial charge in [0.15, 0.2) is 5.82 Å². The maximum atomic E-state index is 10.7. The fourth-order valence-electron chi connectivity index (χ4n) is 3.21. The van der Waals surface area contributed by atoms with Crippen molar-refractivity contribution in [1.29, 1.82) is 0 Å². The first-order chi connectivity index (χ1) is 11.5. The summed E-state index contributed by atoms with van der Waals surface area (Å²) in [6.07, 6.45) is 2.24. The number of aliphatic hydroxyl groups is 1. The predicted molar refractivity (Wildman–Crippen MR) is 91.3 cm³/mol. The molecular formula is C18H26N4O2. The number of piperidine rings is 1. The number of benzene rings is 1. The highest BCUT2D eigenvalue weighted by Gasteiger charge is 2.26. The van der Waals surface area contributed by atoms with Gasteiger partial charge in [-0.15, -0.1) is 0 Å². The molecule has 0 saturated carbocycles. The van der Waals surface area contributed by atoms with E-state index in [4.69, 9.17) is 4.52 Å². The van der Waals surface area contributed by atoms with Gasteiger partial charge in [0.05, 0.1) is 12.1 Å². The summed E-state index contributed by atoms with van der Waals surface area (Å²) >= 11 is 0. The number of nitrogens with one attached hydrogen (secondary N) is 1. The molecule has 0 aliphatic carbocycles. The number of hydrogen-bond acceptors (Lipinski definition) is 6. The predicted octanol–water partition coefficient (Wildman–Crippen LogP) is 1.84. The highest BCUT2D eigenvalue weighted by atomic mass is 16.5. The van der Waals surface area contributed by atoms with Crippen LogP contribution in [0.25, 0.3) is 0 Å². The van der Waals surface area contributed by atoms with Gasteiger partial charge in [-0.1, -0.05) is 35.5 Å². The molecule has 2 atom stereocenters. The van der Waals surface area contributed by atoms with Crippen LogP contribution in [-0.2, 0) is 12.1 Å². The van der Waals surface area contributed by atoms with Crippen molar-refractivity contribution in [2.75, 3.05) is 19.6 Å². The van der Waals surface area contributed by atoms with Crippen molar-refractivity contribution in [1.82, 2.24) is 20.4 Å². The third-order valence-electron chi connectivity index (χ3n) is 4.57. The summed E-state index contributed by atoms with van der Waals surface area (Å²) < 4.78 is 5.04. The molecule has 0 amide bonds. The first kappa shape index (κ1) is 17.1. The average Bonchev–Trinajstić information content (AvgIpc) is 2.99. The van der Waals surface area contributed by atoms with Crippen molar-refractivity contribution in [3.05, 3.63) is 47.6 Å². The molecule has 0 unspecified atom stereocenters. The van der Waals surface area contributed by atoms with E-state index in [2.05, 4.69) is 20.4 Å². The zero-order valence-corrected chi connectivity index (χ0v) is 14.4. The van der Waals surface area contributed by atoms with E-state index in [1.807, 2.05) is 44.2 Å². The Balaban J connectivity index is 1.52.